The van der Waals surface area contributed by atoms with Gasteiger partial charge in [0.2, 0.25) is 0 Å². The summed E-state index contributed by atoms with van der Waals surface area (Å²) < 4.78 is 19.8. The fourth-order valence-electron chi connectivity index (χ4n) is 5.27. The Hall–Kier alpha value is -0.433. The zero-order chi connectivity index (χ0) is 29.2. The Morgan fingerprint density at radius 3 is 2.08 bits per heavy atom. The molecule has 0 radical (unpaired) electrons. The molecule has 0 bridgehead atoms. The summed E-state index contributed by atoms with van der Waals surface area (Å²) in [6.07, 6.45) is 21.7. The van der Waals surface area contributed by atoms with Crippen molar-refractivity contribution in [3.63, 3.8) is 0 Å². The first-order chi connectivity index (χ1) is 18.5. The number of carboxylic acid groups (broad SMARTS) is 1. The monoisotopic (exact) mass is 570 g/mol. The van der Waals surface area contributed by atoms with Gasteiger partial charge in [0.15, 0.2) is 14.6 Å². The molecule has 0 saturated carbocycles. The highest BCUT2D eigenvalue weighted by molar-refractivity contribution is 6.74. The predicted octanol–water partition coefficient (Wildman–Crippen LogP) is 10.3. The molecule has 1 heterocycles. The van der Waals surface area contributed by atoms with Gasteiger partial charge in [-0.25, -0.2) is 0 Å². The summed E-state index contributed by atoms with van der Waals surface area (Å²) >= 11 is 0. The third-order valence-electron chi connectivity index (χ3n) is 9.04. The second-order valence-electron chi connectivity index (χ2n) is 13.8. The Balaban J connectivity index is 2.70. The topological polar surface area (TPSA) is 65.0 Å². The molecule has 0 aromatic rings. The van der Waals surface area contributed by atoms with Crippen molar-refractivity contribution in [1.29, 1.82) is 0 Å². The molecule has 1 aliphatic heterocycles. The lowest BCUT2D eigenvalue weighted by atomic mass is 9.92. The van der Waals surface area contributed by atoms with E-state index in [1.54, 1.807) is 0 Å². The normalized spacial score (nSPS) is 19.1. The standard InChI is InChI=1S/C33H66O5Si/c1-8-9-10-17-22-28(2)30(38-39(6,7)33(3,4)5)27-29(37-32-25-20-21-26-36-32)23-18-15-13-11-12-14-16-19-24-31(34)35/h28-30,32H,8-27H2,1-7H3,(H,34,35)/t28-,29+,30-,32?/m0/s1. The maximum atomic E-state index is 10.6. The first-order valence-electron chi connectivity index (χ1n) is 16.6. The van der Waals surface area contributed by atoms with E-state index in [0.717, 1.165) is 51.6 Å². The average molecular weight is 571 g/mol. The zero-order valence-electron chi connectivity index (χ0n) is 27.0. The molecule has 1 rings (SSSR count). The Bertz CT molecular complexity index is 612. The number of ether oxygens (including phenoxy) is 2. The van der Waals surface area contributed by atoms with Crippen molar-refractivity contribution in [2.24, 2.45) is 5.92 Å². The van der Waals surface area contributed by atoms with Crippen LogP contribution in [0.25, 0.3) is 0 Å². The molecule has 1 saturated heterocycles. The van der Waals surface area contributed by atoms with Crippen molar-refractivity contribution >= 4 is 14.3 Å². The summed E-state index contributed by atoms with van der Waals surface area (Å²) in [4.78, 5) is 10.6. The number of unbranched alkanes of at least 4 members (excludes halogenated alkanes) is 10. The zero-order valence-corrected chi connectivity index (χ0v) is 28.0. The van der Waals surface area contributed by atoms with Gasteiger partial charge in [-0.3, -0.25) is 4.79 Å². The molecule has 1 unspecified atom stereocenters. The molecule has 0 aromatic heterocycles. The molecule has 1 fully saturated rings. The van der Waals surface area contributed by atoms with Gasteiger partial charge in [0.25, 0.3) is 0 Å². The fraction of sp³-hybridized carbons (Fsp3) is 0.970. The summed E-state index contributed by atoms with van der Waals surface area (Å²) in [7, 11) is -1.89. The summed E-state index contributed by atoms with van der Waals surface area (Å²) in [5, 5.41) is 8.97. The van der Waals surface area contributed by atoms with Crippen LogP contribution >= 0.6 is 0 Å². The highest BCUT2D eigenvalue weighted by atomic mass is 28.4. The van der Waals surface area contributed by atoms with Crippen LogP contribution in [0.5, 0.6) is 0 Å². The van der Waals surface area contributed by atoms with E-state index in [9.17, 15) is 4.79 Å². The minimum absolute atomic E-state index is 0.0528. The van der Waals surface area contributed by atoms with Crippen LogP contribution in [-0.4, -0.2) is 44.5 Å². The second kappa shape index (κ2) is 20.4. The van der Waals surface area contributed by atoms with Gasteiger partial charge in [0.1, 0.15) is 0 Å². The van der Waals surface area contributed by atoms with Gasteiger partial charge in [-0.2, -0.15) is 0 Å². The van der Waals surface area contributed by atoms with Gasteiger partial charge in [-0.15, -0.1) is 0 Å². The molecule has 5 nitrogen and oxygen atoms in total. The molecular formula is C33H66O5Si. The summed E-state index contributed by atoms with van der Waals surface area (Å²) in [5.74, 6) is -0.135. The maximum absolute atomic E-state index is 10.6. The highest BCUT2D eigenvalue weighted by Crippen LogP contribution is 2.39. The number of hydrogen-bond donors (Lipinski definition) is 1. The molecule has 0 amide bonds. The van der Waals surface area contributed by atoms with Gasteiger partial charge in [0.05, 0.1) is 12.2 Å². The lowest BCUT2D eigenvalue weighted by Crippen LogP contribution is -2.46. The summed E-state index contributed by atoms with van der Waals surface area (Å²) in [6.45, 7) is 17.3. The summed E-state index contributed by atoms with van der Waals surface area (Å²) in [5.41, 5.74) is 0. The Labute approximate surface area is 243 Å². The van der Waals surface area contributed by atoms with Crippen LogP contribution in [-0.2, 0) is 18.7 Å². The largest absolute Gasteiger partial charge is 0.481 e. The molecule has 39 heavy (non-hydrogen) atoms. The number of carboxylic acids is 1. The number of rotatable bonds is 23. The van der Waals surface area contributed by atoms with Crippen molar-refractivity contribution in [1.82, 2.24) is 0 Å². The van der Waals surface area contributed by atoms with Gasteiger partial charge >= 0.3 is 5.97 Å². The van der Waals surface area contributed by atoms with Gasteiger partial charge < -0.3 is 19.0 Å². The number of aliphatic carboxylic acids is 1. The van der Waals surface area contributed by atoms with E-state index < -0.39 is 14.3 Å². The minimum atomic E-state index is -1.89. The number of hydrogen-bond acceptors (Lipinski definition) is 4. The van der Waals surface area contributed by atoms with Gasteiger partial charge in [-0.05, 0) is 69.0 Å². The van der Waals surface area contributed by atoms with E-state index in [0.29, 0.717) is 12.3 Å². The molecule has 1 aliphatic rings. The molecular weight excluding hydrogens is 504 g/mol. The Kier molecular flexibility index (Phi) is 19.2. The van der Waals surface area contributed by atoms with Crippen LogP contribution in [0.3, 0.4) is 0 Å². The van der Waals surface area contributed by atoms with Crippen LogP contribution in [0, 0.1) is 5.92 Å². The predicted molar refractivity (Wildman–Crippen MR) is 167 cm³/mol. The molecule has 0 spiro atoms. The molecule has 0 aliphatic carbocycles. The third kappa shape index (κ3) is 17.2. The first kappa shape index (κ1) is 36.6. The Morgan fingerprint density at radius 2 is 1.51 bits per heavy atom. The van der Waals surface area contributed by atoms with Gasteiger partial charge in [0, 0.05) is 13.0 Å². The SMILES string of the molecule is CCCCCC[C@H](C)[C@H](C[C@@H](CCCCCCCCCCC(=O)O)OC1CCCCO1)O[Si](C)(C)C(C)(C)C. The van der Waals surface area contributed by atoms with Crippen LogP contribution in [0.1, 0.15) is 157 Å². The van der Waals surface area contributed by atoms with Crippen LogP contribution in [0.4, 0.5) is 0 Å². The van der Waals surface area contributed by atoms with E-state index >= 15 is 0 Å². The molecule has 6 heteroatoms. The number of carbonyl (C=O) groups is 1. The smallest absolute Gasteiger partial charge is 0.303 e. The van der Waals surface area contributed by atoms with E-state index in [1.165, 1.54) is 70.6 Å². The van der Waals surface area contributed by atoms with E-state index in [-0.39, 0.29) is 23.5 Å². The minimum Gasteiger partial charge on any atom is -0.481 e. The average Bonchev–Trinajstić information content (AvgIpc) is 2.86. The van der Waals surface area contributed by atoms with Crippen molar-refractivity contribution in [2.75, 3.05) is 6.61 Å². The van der Waals surface area contributed by atoms with Crippen molar-refractivity contribution < 1.29 is 23.8 Å². The molecule has 232 valence electrons. The molecule has 0 aromatic carbocycles. The quantitative estimate of drug-likeness (QED) is 0.0977. The molecule has 4 atom stereocenters. The second-order valence-corrected chi connectivity index (χ2v) is 18.6. The van der Waals surface area contributed by atoms with Crippen LogP contribution in [0.15, 0.2) is 0 Å². The first-order valence-corrected chi connectivity index (χ1v) is 19.5. The van der Waals surface area contributed by atoms with Crippen molar-refractivity contribution in [3.05, 3.63) is 0 Å². The van der Waals surface area contributed by atoms with Gasteiger partial charge in [-0.1, -0.05) is 105 Å². The maximum Gasteiger partial charge on any atom is 0.303 e. The molecule has 1 N–H and O–H groups in total. The van der Waals surface area contributed by atoms with E-state index in [2.05, 4.69) is 47.7 Å². The third-order valence-corrected chi connectivity index (χ3v) is 13.5. The van der Waals surface area contributed by atoms with Crippen LogP contribution < -0.4 is 0 Å². The highest BCUT2D eigenvalue weighted by Gasteiger charge is 2.40. The summed E-state index contributed by atoms with van der Waals surface area (Å²) in [6, 6.07) is 0. The fourth-order valence-corrected chi connectivity index (χ4v) is 6.71. The van der Waals surface area contributed by atoms with E-state index in [1.807, 2.05) is 0 Å². The van der Waals surface area contributed by atoms with E-state index in [4.69, 9.17) is 19.0 Å². The van der Waals surface area contributed by atoms with Crippen molar-refractivity contribution in [3.8, 4) is 0 Å². The lowest BCUT2D eigenvalue weighted by Gasteiger charge is -2.42. The Morgan fingerprint density at radius 1 is 0.923 bits per heavy atom. The van der Waals surface area contributed by atoms with Crippen LogP contribution in [0.2, 0.25) is 18.1 Å². The lowest BCUT2D eigenvalue weighted by molar-refractivity contribution is -0.195. The van der Waals surface area contributed by atoms with Crippen molar-refractivity contribution in [2.45, 2.75) is 193 Å².